The minimum Gasteiger partial charge on any atom is -0.462 e. The largest absolute Gasteiger partial charge is 0.462 e. The predicted octanol–water partition coefficient (Wildman–Crippen LogP) is 5.03. The van der Waals surface area contributed by atoms with E-state index in [4.69, 9.17) is 23.6 Å². The summed E-state index contributed by atoms with van der Waals surface area (Å²) in [7, 11) is -3.44. The topological polar surface area (TPSA) is 109 Å². The van der Waals surface area contributed by atoms with E-state index in [1.165, 1.54) is 6.92 Å². The van der Waals surface area contributed by atoms with Gasteiger partial charge in [-0.05, 0) is 39.3 Å². The second kappa shape index (κ2) is 12.9. The van der Waals surface area contributed by atoms with Crippen LogP contribution in [0.15, 0.2) is 36.4 Å². The van der Waals surface area contributed by atoms with Crippen molar-refractivity contribution >= 4 is 30.7 Å². The van der Waals surface area contributed by atoms with Gasteiger partial charge in [-0.2, -0.15) is 0 Å². The second-order valence-corrected chi connectivity index (χ2v) is 11.2. The van der Waals surface area contributed by atoms with Crippen LogP contribution in [0.3, 0.4) is 0 Å². The number of aromatic nitrogens is 2. The molecule has 1 aliphatic heterocycles. The number of morpholine rings is 1. The van der Waals surface area contributed by atoms with Crippen molar-refractivity contribution in [2.75, 3.05) is 57.2 Å². The number of esters is 1. The van der Waals surface area contributed by atoms with Gasteiger partial charge < -0.3 is 23.4 Å². The summed E-state index contributed by atoms with van der Waals surface area (Å²) in [6, 6.07) is 11.6. The van der Waals surface area contributed by atoms with Crippen molar-refractivity contribution in [3.63, 3.8) is 0 Å². The number of aryl methyl sites for hydroxylation is 1. The Labute approximate surface area is 228 Å². The van der Waals surface area contributed by atoms with E-state index in [1.807, 2.05) is 36.4 Å². The van der Waals surface area contributed by atoms with Crippen LogP contribution < -0.4 is 4.90 Å². The molecule has 1 fully saturated rings. The summed E-state index contributed by atoms with van der Waals surface area (Å²) in [5.74, 6) is -0.236. The van der Waals surface area contributed by atoms with Crippen LogP contribution in [0.25, 0.3) is 16.6 Å². The fourth-order valence-electron chi connectivity index (χ4n) is 4.90. The SMILES string of the molecule is CCOC(=O)c1c(C(C)=O)c(CCP(=O)(OCC)OCC)n2nc(N3CCOCC3)cc(-c3ccccc3)c12. The molecule has 0 unspecified atom stereocenters. The number of hydrogen-bond acceptors (Lipinski definition) is 9. The van der Waals surface area contributed by atoms with E-state index in [1.54, 1.807) is 25.3 Å². The van der Waals surface area contributed by atoms with E-state index in [9.17, 15) is 14.2 Å². The zero-order valence-electron chi connectivity index (χ0n) is 23.0. The van der Waals surface area contributed by atoms with Crippen LogP contribution in [0, 0.1) is 0 Å². The Bertz CT molecular complexity index is 1360. The van der Waals surface area contributed by atoms with Crippen molar-refractivity contribution in [1.82, 2.24) is 9.61 Å². The number of ketones is 1. The first-order valence-corrected chi connectivity index (χ1v) is 15.1. The van der Waals surface area contributed by atoms with Crippen LogP contribution >= 0.6 is 7.60 Å². The number of benzene rings is 1. The van der Waals surface area contributed by atoms with E-state index < -0.39 is 13.6 Å². The van der Waals surface area contributed by atoms with Crippen molar-refractivity contribution in [1.29, 1.82) is 0 Å². The average Bonchev–Trinajstić information content (AvgIpc) is 3.27. The highest BCUT2D eigenvalue weighted by atomic mass is 31.2. The van der Waals surface area contributed by atoms with Gasteiger partial charge >= 0.3 is 13.6 Å². The lowest BCUT2D eigenvalue weighted by molar-refractivity contribution is 0.0525. The van der Waals surface area contributed by atoms with Crippen LogP contribution in [0.4, 0.5) is 5.82 Å². The number of anilines is 1. The highest BCUT2D eigenvalue weighted by Crippen LogP contribution is 2.49. The molecule has 0 amide bonds. The first-order valence-electron chi connectivity index (χ1n) is 13.4. The molecule has 1 aromatic carbocycles. The molecule has 3 aromatic rings. The highest BCUT2D eigenvalue weighted by Gasteiger charge is 2.33. The van der Waals surface area contributed by atoms with Crippen molar-refractivity contribution in [3.8, 4) is 11.1 Å². The zero-order valence-corrected chi connectivity index (χ0v) is 23.9. The third-order valence-electron chi connectivity index (χ3n) is 6.50. The molecule has 0 bridgehead atoms. The lowest BCUT2D eigenvalue weighted by atomic mass is 10.00. The summed E-state index contributed by atoms with van der Waals surface area (Å²) in [6.45, 7) is 9.65. The molecule has 0 spiro atoms. The van der Waals surface area contributed by atoms with Crippen LogP contribution in [0.5, 0.6) is 0 Å². The second-order valence-electron chi connectivity index (χ2n) is 9.04. The van der Waals surface area contributed by atoms with Crippen molar-refractivity contribution in [2.24, 2.45) is 0 Å². The van der Waals surface area contributed by atoms with Crippen molar-refractivity contribution in [2.45, 2.75) is 34.1 Å². The summed E-state index contributed by atoms with van der Waals surface area (Å²) >= 11 is 0. The maximum atomic E-state index is 13.4. The van der Waals surface area contributed by atoms with E-state index in [2.05, 4.69) is 4.90 Å². The maximum absolute atomic E-state index is 13.4. The molecular weight excluding hydrogens is 521 g/mol. The van der Waals surface area contributed by atoms with Gasteiger partial charge in [0.15, 0.2) is 5.78 Å². The number of fused-ring (bicyclic) bond motifs is 1. The molecule has 0 aliphatic carbocycles. The summed E-state index contributed by atoms with van der Waals surface area (Å²) in [5, 5.41) is 4.94. The number of carbonyl (C=O) groups is 2. The van der Waals surface area contributed by atoms with Gasteiger partial charge in [0.1, 0.15) is 5.82 Å². The van der Waals surface area contributed by atoms with Gasteiger partial charge in [0.25, 0.3) is 0 Å². The molecule has 0 N–H and O–H groups in total. The lowest BCUT2D eigenvalue weighted by Crippen LogP contribution is -2.37. The van der Waals surface area contributed by atoms with Gasteiger partial charge in [-0.15, -0.1) is 5.10 Å². The van der Waals surface area contributed by atoms with Crippen LogP contribution in [0.2, 0.25) is 0 Å². The molecule has 0 atom stereocenters. The van der Waals surface area contributed by atoms with Gasteiger partial charge in [0.2, 0.25) is 0 Å². The first-order chi connectivity index (χ1) is 18.8. The summed E-state index contributed by atoms with van der Waals surface area (Å²) in [4.78, 5) is 28.7. The highest BCUT2D eigenvalue weighted by molar-refractivity contribution is 7.53. The summed E-state index contributed by atoms with van der Waals surface area (Å²) in [5.41, 5.74) is 2.89. The molecule has 11 heteroatoms. The number of carbonyl (C=O) groups excluding carboxylic acids is 2. The first kappa shape index (κ1) is 29.0. The Morgan fingerprint density at radius 3 is 2.26 bits per heavy atom. The predicted molar refractivity (Wildman–Crippen MR) is 149 cm³/mol. The minimum absolute atomic E-state index is 0.0213. The Hall–Kier alpha value is -3.04. The number of ether oxygens (including phenoxy) is 2. The molecular formula is C28H36N3O7P. The van der Waals surface area contributed by atoms with Crippen molar-refractivity contribution in [3.05, 3.63) is 53.2 Å². The van der Waals surface area contributed by atoms with E-state index >= 15 is 0 Å². The fraction of sp³-hybridized carbons (Fsp3) is 0.464. The summed E-state index contributed by atoms with van der Waals surface area (Å²) in [6.07, 6.45) is 0.161. The Kier molecular flexibility index (Phi) is 9.56. The Morgan fingerprint density at radius 1 is 1.00 bits per heavy atom. The minimum atomic E-state index is -3.44. The van der Waals surface area contributed by atoms with Crippen LogP contribution in [0.1, 0.15) is 54.1 Å². The molecule has 2 aromatic heterocycles. The molecule has 0 saturated carbocycles. The number of hydrogen-bond donors (Lipinski definition) is 0. The number of nitrogens with zero attached hydrogens (tertiary/aromatic N) is 3. The molecule has 0 radical (unpaired) electrons. The molecule has 10 nitrogen and oxygen atoms in total. The fourth-order valence-corrected chi connectivity index (χ4v) is 6.50. The van der Waals surface area contributed by atoms with E-state index in [0.717, 1.165) is 11.1 Å². The standard InChI is InChI=1S/C28H36N3O7P/c1-5-36-28(33)26-25(20(4)32)23(13-18-39(34,37-6-2)38-7-3)31-27(26)22(21-11-9-8-10-12-21)19-24(29-31)30-14-16-35-17-15-30/h8-12,19H,5-7,13-18H2,1-4H3. The smallest absolute Gasteiger partial charge is 0.341 e. The number of Topliss-reactive ketones (excluding diaryl/α,β-unsaturated/α-hetero) is 1. The third kappa shape index (κ3) is 6.25. The molecule has 1 aliphatic rings. The van der Waals surface area contributed by atoms with Gasteiger partial charge in [-0.3, -0.25) is 9.36 Å². The van der Waals surface area contributed by atoms with Gasteiger partial charge in [0.05, 0.1) is 61.5 Å². The quantitative estimate of drug-likeness (QED) is 0.172. The molecule has 210 valence electrons. The Balaban J connectivity index is 2.02. The summed E-state index contributed by atoms with van der Waals surface area (Å²) < 4.78 is 37.0. The molecule has 1 saturated heterocycles. The third-order valence-corrected chi connectivity index (χ3v) is 8.57. The van der Waals surface area contributed by atoms with E-state index in [0.29, 0.717) is 43.3 Å². The normalized spacial score (nSPS) is 14.1. The van der Waals surface area contributed by atoms with E-state index in [-0.39, 0.29) is 49.3 Å². The van der Waals surface area contributed by atoms with Crippen molar-refractivity contribution < 1.29 is 32.7 Å². The Morgan fingerprint density at radius 2 is 1.67 bits per heavy atom. The van der Waals surface area contributed by atoms with Crippen LogP contribution in [-0.2, 0) is 29.5 Å². The van der Waals surface area contributed by atoms with Crippen LogP contribution in [-0.4, -0.2) is 73.7 Å². The average molecular weight is 558 g/mol. The molecule has 3 heterocycles. The molecule has 39 heavy (non-hydrogen) atoms. The molecule has 4 rings (SSSR count). The van der Waals surface area contributed by atoms with Gasteiger partial charge in [0, 0.05) is 25.1 Å². The van der Waals surface area contributed by atoms with Gasteiger partial charge in [-0.25, -0.2) is 9.31 Å². The van der Waals surface area contributed by atoms with Gasteiger partial charge in [-0.1, -0.05) is 30.3 Å². The zero-order chi connectivity index (χ0) is 28.0. The lowest BCUT2D eigenvalue weighted by Gasteiger charge is -2.28. The maximum Gasteiger partial charge on any atom is 0.341 e. The monoisotopic (exact) mass is 557 g/mol. The number of rotatable bonds is 12.